The molecule has 1 aromatic heterocycles. The number of phenolic OH excluding ortho intramolecular Hbond substituents is 1. The van der Waals surface area contributed by atoms with Gasteiger partial charge >= 0.3 is 5.97 Å². The van der Waals surface area contributed by atoms with Crippen LogP contribution in [-0.4, -0.2) is 39.2 Å². The molecule has 7 heteroatoms. The Morgan fingerprint density at radius 1 is 0.762 bits per heavy atom. The third-order valence-corrected chi connectivity index (χ3v) is 7.94. The predicted molar refractivity (Wildman–Crippen MR) is 164 cm³/mol. The first-order valence-electron chi connectivity index (χ1n) is 14.8. The molecule has 218 valence electrons. The van der Waals surface area contributed by atoms with Crippen molar-refractivity contribution in [1.82, 2.24) is 15.0 Å². The summed E-state index contributed by atoms with van der Waals surface area (Å²) in [6.07, 6.45) is 6.35. The predicted octanol–water partition coefficient (Wildman–Crippen LogP) is 7.70. The van der Waals surface area contributed by atoms with Gasteiger partial charge in [-0.2, -0.15) is 0 Å². The third-order valence-electron chi connectivity index (χ3n) is 7.94. The second kappa shape index (κ2) is 13.1. The van der Waals surface area contributed by atoms with Gasteiger partial charge in [0, 0.05) is 23.6 Å². The fourth-order valence-corrected chi connectivity index (χ4v) is 5.66. The summed E-state index contributed by atoms with van der Waals surface area (Å²) in [6.45, 7) is 8.56. The molecular formula is C35H39N3O4. The summed E-state index contributed by atoms with van der Waals surface area (Å²) in [7, 11) is 0. The smallest absolute Gasteiger partial charge is 0.305 e. The SMILES string of the molecule is Cc1ccc(-c2nc(-c3ccc(C)cc3C)nc(-c3ccc(OCCOC(=O)CCC4CCCC4)cc3O)n2)c(C)c1. The van der Waals surface area contributed by atoms with Crippen LogP contribution in [0.3, 0.4) is 0 Å². The molecule has 3 aromatic carbocycles. The van der Waals surface area contributed by atoms with Gasteiger partial charge in [-0.25, -0.2) is 15.0 Å². The summed E-state index contributed by atoms with van der Waals surface area (Å²) in [5.41, 5.74) is 6.73. The van der Waals surface area contributed by atoms with Crippen molar-refractivity contribution in [2.75, 3.05) is 13.2 Å². The molecule has 42 heavy (non-hydrogen) atoms. The Morgan fingerprint density at radius 2 is 1.31 bits per heavy atom. The first-order chi connectivity index (χ1) is 20.3. The fraction of sp³-hybridized carbons (Fsp3) is 0.371. The average Bonchev–Trinajstić information content (AvgIpc) is 3.48. The molecule has 1 aliphatic carbocycles. The van der Waals surface area contributed by atoms with Crippen molar-refractivity contribution in [3.63, 3.8) is 0 Å². The van der Waals surface area contributed by atoms with Crippen LogP contribution in [-0.2, 0) is 9.53 Å². The Kier molecular flexibility index (Phi) is 9.15. The Hall–Kier alpha value is -4.26. The van der Waals surface area contributed by atoms with E-state index in [1.807, 2.05) is 38.1 Å². The van der Waals surface area contributed by atoms with E-state index in [4.69, 9.17) is 24.4 Å². The van der Waals surface area contributed by atoms with Crippen LogP contribution in [0.2, 0.25) is 0 Å². The molecule has 0 atom stereocenters. The van der Waals surface area contributed by atoms with Gasteiger partial charge in [0.15, 0.2) is 17.5 Å². The number of rotatable bonds is 10. The number of aromatic nitrogens is 3. The zero-order valence-corrected chi connectivity index (χ0v) is 24.9. The van der Waals surface area contributed by atoms with E-state index in [0.29, 0.717) is 41.1 Å². The number of esters is 1. The van der Waals surface area contributed by atoms with E-state index in [2.05, 4.69) is 26.0 Å². The molecule has 0 bridgehead atoms. The fourth-order valence-electron chi connectivity index (χ4n) is 5.66. The molecule has 5 rings (SSSR count). The number of benzene rings is 3. The van der Waals surface area contributed by atoms with E-state index >= 15 is 0 Å². The molecule has 7 nitrogen and oxygen atoms in total. The first-order valence-corrected chi connectivity index (χ1v) is 14.8. The second-order valence-corrected chi connectivity index (χ2v) is 11.4. The molecule has 0 unspecified atom stereocenters. The molecule has 0 amide bonds. The molecule has 0 spiro atoms. The van der Waals surface area contributed by atoms with Gasteiger partial charge in [-0.05, 0) is 63.3 Å². The summed E-state index contributed by atoms with van der Waals surface area (Å²) in [6, 6.07) is 17.4. The maximum atomic E-state index is 12.1. The molecule has 1 aliphatic rings. The van der Waals surface area contributed by atoms with Crippen LogP contribution >= 0.6 is 0 Å². The average molecular weight is 566 g/mol. The van der Waals surface area contributed by atoms with E-state index in [0.717, 1.165) is 39.8 Å². The zero-order chi connectivity index (χ0) is 29.6. The Morgan fingerprint density at radius 3 is 1.86 bits per heavy atom. The van der Waals surface area contributed by atoms with Crippen molar-refractivity contribution in [1.29, 1.82) is 0 Å². The molecule has 1 saturated carbocycles. The number of ether oxygens (including phenoxy) is 2. The Bertz CT molecular complexity index is 1510. The number of phenols is 1. The number of nitrogens with zero attached hydrogens (tertiary/aromatic N) is 3. The monoisotopic (exact) mass is 565 g/mol. The van der Waals surface area contributed by atoms with Crippen LogP contribution in [0, 0.1) is 33.6 Å². The zero-order valence-electron chi connectivity index (χ0n) is 24.9. The summed E-state index contributed by atoms with van der Waals surface area (Å²) < 4.78 is 11.1. The molecule has 1 fully saturated rings. The number of hydrogen-bond acceptors (Lipinski definition) is 7. The van der Waals surface area contributed by atoms with Gasteiger partial charge in [0.2, 0.25) is 0 Å². The van der Waals surface area contributed by atoms with E-state index in [1.54, 1.807) is 12.1 Å². The number of aryl methyl sites for hydroxylation is 4. The standard InChI is InChI=1S/C35H39N3O4/c1-22-9-13-28(24(3)19-22)33-36-34(29-14-10-23(2)20-25(29)4)38-35(37-33)30-15-12-27(21-31(30)39)41-17-18-42-32(40)16-11-26-7-5-6-8-26/h9-10,12-15,19-21,26,39H,5-8,11,16-18H2,1-4H3. The van der Waals surface area contributed by atoms with Crippen molar-refractivity contribution < 1.29 is 19.4 Å². The van der Waals surface area contributed by atoms with Crippen molar-refractivity contribution in [2.45, 2.75) is 66.2 Å². The normalized spacial score (nSPS) is 13.3. The van der Waals surface area contributed by atoms with Crippen LogP contribution in [0.5, 0.6) is 11.5 Å². The topological polar surface area (TPSA) is 94.4 Å². The summed E-state index contributed by atoms with van der Waals surface area (Å²) >= 11 is 0. The first kappa shape index (κ1) is 29.2. The Labute approximate surface area is 248 Å². The number of aromatic hydroxyl groups is 1. The van der Waals surface area contributed by atoms with E-state index in [9.17, 15) is 9.90 Å². The van der Waals surface area contributed by atoms with Crippen LogP contribution in [0.1, 0.15) is 60.8 Å². The van der Waals surface area contributed by atoms with Crippen molar-refractivity contribution >= 4 is 5.97 Å². The van der Waals surface area contributed by atoms with Crippen molar-refractivity contribution in [2.24, 2.45) is 5.92 Å². The maximum absolute atomic E-state index is 12.1. The minimum Gasteiger partial charge on any atom is -0.507 e. The minimum absolute atomic E-state index is 0.00888. The van der Waals surface area contributed by atoms with Gasteiger partial charge in [-0.15, -0.1) is 0 Å². The molecule has 0 aliphatic heterocycles. The van der Waals surface area contributed by atoms with Crippen LogP contribution < -0.4 is 4.74 Å². The number of hydrogen-bond donors (Lipinski definition) is 1. The highest BCUT2D eigenvalue weighted by molar-refractivity contribution is 5.72. The van der Waals surface area contributed by atoms with E-state index in [1.165, 1.54) is 31.7 Å². The lowest BCUT2D eigenvalue weighted by atomic mass is 10.0. The van der Waals surface area contributed by atoms with E-state index < -0.39 is 0 Å². The Balaban J connectivity index is 1.34. The highest BCUT2D eigenvalue weighted by Gasteiger charge is 2.18. The van der Waals surface area contributed by atoms with Gasteiger partial charge in [0.1, 0.15) is 24.7 Å². The third kappa shape index (κ3) is 7.14. The summed E-state index contributed by atoms with van der Waals surface area (Å²) in [5, 5.41) is 11.0. The van der Waals surface area contributed by atoms with Gasteiger partial charge in [0.05, 0.1) is 5.56 Å². The highest BCUT2D eigenvalue weighted by atomic mass is 16.6. The molecule has 0 saturated heterocycles. The van der Waals surface area contributed by atoms with Crippen LogP contribution in [0.15, 0.2) is 54.6 Å². The maximum Gasteiger partial charge on any atom is 0.305 e. The van der Waals surface area contributed by atoms with Crippen molar-refractivity contribution in [3.8, 4) is 45.7 Å². The highest BCUT2D eigenvalue weighted by Crippen LogP contribution is 2.34. The molecule has 0 radical (unpaired) electrons. The lowest BCUT2D eigenvalue weighted by molar-refractivity contribution is -0.144. The molecular weight excluding hydrogens is 526 g/mol. The second-order valence-electron chi connectivity index (χ2n) is 11.4. The molecule has 1 N–H and O–H groups in total. The quantitative estimate of drug-likeness (QED) is 0.155. The number of carbonyl (C=O) groups is 1. The van der Waals surface area contributed by atoms with Gasteiger partial charge in [-0.3, -0.25) is 4.79 Å². The summed E-state index contributed by atoms with van der Waals surface area (Å²) in [4.78, 5) is 26.5. The van der Waals surface area contributed by atoms with Gasteiger partial charge in [-0.1, -0.05) is 73.2 Å². The van der Waals surface area contributed by atoms with Crippen LogP contribution in [0.25, 0.3) is 34.2 Å². The van der Waals surface area contributed by atoms with Gasteiger partial charge < -0.3 is 14.6 Å². The van der Waals surface area contributed by atoms with Crippen LogP contribution in [0.4, 0.5) is 0 Å². The molecule has 1 heterocycles. The lowest BCUT2D eigenvalue weighted by Crippen LogP contribution is -2.13. The lowest BCUT2D eigenvalue weighted by Gasteiger charge is -2.13. The molecule has 4 aromatic rings. The summed E-state index contributed by atoms with van der Waals surface area (Å²) in [5.74, 6) is 2.40. The van der Waals surface area contributed by atoms with Crippen molar-refractivity contribution in [3.05, 3.63) is 76.9 Å². The number of carbonyl (C=O) groups excluding carboxylic acids is 1. The van der Waals surface area contributed by atoms with E-state index in [-0.39, 0.29) is 24.9 Å². The largest absolute Gasteiger partial charge is 0.507 e. The minimum atomic E-state index is -0.183. The van der Waals surface area contributed by atoms with Gasteiger partial charge in [0.25, 0.3) is 0 Å².